The molecule has 29 heavy (non-hydrogen) atoms. The van der Waals surface area contributed by atoms with Crippen LogP contribution in [0.2, 0.25) is 10.0 Å². The lowest BCUT2D eigenvalue weighted by molar-refractivity contribution is 0.0601. The fraction of sp³-hybridized carbons (Fsp3) is 0.0952. The number of nitrogens with zero attached hydrogens (tertiary/aromatic N) is 1. The number of nitrogens with one attached hydrogen (secondary N) is 1. The highest BCUT2D eigenvalue weighted by molar-refractivity contribution is 6.37. The molecule has 6 nitrogen and oxygen atoms in total. The summed E-state index contributed by atoms with van der Waals surface area (Å²) < 4.78 is 10.5. The first-order chi connectivity index (χ1) is 14.0. The van der Waals surface area contributed by atoms with E-state index in [-0.39, 0.29) is 28.4 Å². The van der Waals surface area contributed by atoms with Crippen molar-refractivity contribution < 1.29 is 19.1 Å². The number of carbonyl (C=O) groups excluding carboxylic acids is 2. The minimum Gasteiger partial charge on any atom is -0.487 e. The zero-order valence-electron chi connectivity index (χ0n) is 15.3. The van der Waals surface area contributed by atoms with Gasteiger partial charge in [-0.15, -0.1) is 0 Å². The van der Waals surface area contributed by atoms with Crippen molar-refractivity contribution in [1.82, 2.24) is 4.98 Å². The number of pyridine rings is 1. The summed E-state index contributed by atoms with van der Waals surface area (Å²) in [6, 6.07) is 14.7. The molecule has 0 aliphatic carbocycles. The predicted molar refractivity (Wildman–Crippen MR) is 111 cm³/mol. The topological polar surface area (TPSA) is 77.5 Å². The van der Waals surface area contributed by atoms with Crippen molar-refractivity contribution in [3.05, 3.63) is 87.7 Å². The Morgan fingerprint density at radius 1 is 1.03 bits per heavy atom. The number of amides is 1. The van der Waals surface area contributed by atoms with Gasteiger partial charge in [-0.25, -0.2) is 4.79 Å². The number of carbonyl (C=O) groups is 2. The summed E-state index contributed by atoms with van der Waals surface area (Å²) in [4.78, 5) is 29.0. The third-order valence-corrected chi connectivity index (χ3v) is 4.48. The van der Waals surface area contributed by atoms with Crippen LogP contribution < -0.4 is 10.1 Å². The predicted octanol–water partition coefficient (Wildman–Crippen LogP) is 5.01. The van der Waals surface area contributed by atoms with E-state index in [1.165, 1.54) is 25.3 Å². The molecule has 2 aromatic carbocycles. The first kappa shape index (κ1) is 20.6. The van der Waals surface area contributed by atoms with Gasteiger partial charge in [0.2, 0.25) is 0 Å². The third kappa shape index (κ3) is 5.25. The number of halogens is 2. The molecule has 0 radical (unpaired) electrons. The molecule has 148 valence electrons. The van der Waals surface area contributed by atoms with Crippen LogP contribution in [0.25, 0.3) is 0 Å². The second-order valence-electron chi connectivity index (χ2n) is 5.89. The zero-order chi connectivity index (χ0) is 20.8. The van der Waals surface area contributed by atoms with Crippen LogP contribution in [0.1, 0.15) is 26.4 Å². The second kappa shape index (κ2) is 9.41. The van der Waals surface area contributed by atoms with Crippen LogP contribution >= 0.6 is 23.2 Å². The van der Waals surface area contributed by atoms with E-state index >= 15 is 0 Å². The summed E-state index contributed by atoms with van der Waals surface area (Å²) in [6.45, 7) is 0.230. The fourth-order valence-electron chi connectivity index (χ4n) is 2.51. The van der Waals surface area contributed by atoms with Crippen LogP contribution in [0.5, 0.6) is 5.75 Å². The van der Waals surface area contributed by atoms with E-state index in [2.05, 4.69) is 10.3 Å². The number of hydrogen-bond acceptors (Lipinski definition) is 5. The lowest BCUT2D eigenvalue weighted by Crippen LogP contribution is -2.16. The van der Waals surface area contributed by atoms with Crippen molar-refractivity contribution in [1.29, 1.82) is 0 Å². The van der Waals surface area contributed by atoms with Gasteiger partial charge in [0, 0.05) is 11.2 Å². The summed E-state index contributed by atoms with van der Waals surface area (Å²) in [6.07, 6.45) is 1.67. The van der Waals surface area contributed by atoms with Gasteiger partial charge in [-0.05, 0) is 48.5 Å². The maximum atomic E-state index is 12.6. The first-order valence-electron chi connectivity index (χ1n) is 8.49. The third-order valence-electron chi connectivity index (χ3n) is 3.93. The van der Waals surface area contributed by atoms with E-state index in [1.807, 2.05) is 18.2 Å². The van der Waals surface area contributed by atoms with Crippen molar-refractivity contribution in [2.24, 2.45) is 0 Å². The van der Waals surface area contributed by atoms with Crippen LogP contribution in [0, 0.1) is 0 Å². The lowest BCUT2D eigenvalue weighted by Gasteiger charge is -2.13. The van der Waals surface area contributed by atoms with Crippen LogP contribution in [-0.4, -0.2) is 24.0 Å². The number of benzene rings is 2. The van der Waals surface area contributed by atoms with E-state index < -0.39 is 11.9 Å². The maximum Gasteiger partial charge on any atom is 0.340 e. The summed E-state index contributed by atoms with van der Waals surface area (Å²) >= 11 is 11.9. The fourth-order valence-corrected chi connectivity index (χ4v) is 3.00. The van der Waals surface area contributed by atoms with Crippen molar-refractivity contribution >= 4 is 40.8 Å². The molecule has 0 spiro atoms. The monoisotopic (exact) mass is 430 g/mol. The zero-order valence-corrected chi connectivity index (χ0v) is 16.8. The average Bonchev–Trinajstić information content (AvgIpc) is 2.73. The molecule has 1 heterocycles. The molecule has 0 bridgehead atoms. The van der Waals surface area contributed by atoms with Crippen LogP contribution in [0.3, 0.4) is 0 Å². The molecule has 3 aromatic rings. The Balaban J connectivity index is 1.82. The first-order valence-corrected chi connectivity index (χ1v) is 9.25. The van der Waals surface area contributed by atoms with E-state index in [4.69, 9.17) is 32.7 Å². The van der Waals surface area contributed by atoms with E-state index in [0.29, 0.717) is 10.8 Å². The van der Waals surface area contributed by atoms with Crippen LogP contribution in [0.4, 0.5) is 5.69 Å². The highest BCUT2D eigenvalue weighted by Crippen LogP contribution is 2.26. The highest BCUT2D eigenvalue weighted by atomic mass is 35.5. The quantitative estimate of drug-likeness (QED) is 0.556. The molecule has 0 unspecified atom stereocenters. The Morgan fingerprint density at radius 3 is 2.55 bits per heavy atom. The van der Waals surface area contributed by atoms with Crippen LogP contribution in [-0.2, 0) is 11.3 Å². The number of methoxy groups -OCH3 is 1. The SMILES string of the molecule is COC(=O)c1cc(OCc2ccccn2)ccc1NC(=O)c1ccc(Cl)cc1Cl. The van der Waals surface area contributed by atoms with Gasteiger partial charge in [-0.2, -0.15) is 0 Å². The summed E-state index contributed by atoms with van der Waals surface area (Å²) in [7, 11) is 1.26. The molecule has 8 heteroatoms. The van der Waals surface area contributed by atoms with Crippen molar-refractivity contribution in [2.45, 2.75) is 6.61 Å². The molecule has 0 aliphatic heterocycles. The van der Waals surface area contributed by atoms with Gasteiger partial charge in [0.05, 0.1) is 34.6 Å². The van der Waals surface area contributed by atoms with Gasteiger partial charge >= 0.3 is 5.97 Å². The molecule has 1 amide bonds. The minimum absolute atomic E-state index is 0.143. The number of ether oxygens (including phenoxy) is 2. The average molecular weight is 431 g/mol. The normalized spacial score (nSPS) is 10.3. The van der Waals surface area contributed by atoms with Gasteiger partial charge in [-0.3, -0.25) is 9.78 Å². The summed E-state index contributed by atoms with van der Waals surface area (Å²) in [5, 5.41) is 3.28. The minimum atomic E-state index is -0.620. The Labute approximate surface area is 177 Å². The van der Waals surface area contributed by atoms with Crippen molar-refractivity contribution in [3.63, 3.8) is 0 Å². The number of hydrogen-bond donors (Lipinski definition) is 1. The largest absolute Gasteiger partial charge is 0.487 e. The van der Waals surface area contributed by atoms with E-state index in [1.54, 1.807) is 24.4 Å². The van der Waals surface area contributed by atoms with Crippen molar-refractivity contribution in [2.75, 3.05) is 12.4 Å². The summed E-state index contributed by atoms with van der Waals surface area (Å²) in [5.41, 5.74) is 1.37. The Hall–Kier alpha value is -3.09. The van der Waals surface area contributed by atoms with E-state index in [0.717, 1.165) is 5.69 Å². The number of aromatic nitrogens is 1. The standard InChI is InChI=1S/C21H16Cl2N2O4/c1-28-21(27)17-11-15(29-12-14-4-2-3-9-24-14)6-8-19(17)25-20(26)16-7-5-13(22)10-18(16)23/h2-11H,12H2,1H3,(H,25,26). The number of esters is 1. The number of rotatable bonds is 6. The molecule has 0 saturated heterocycles. The maximum absolute atomic E-state index is 12.6. The molecule has 3 rings (SSSR count). The second-order valence-corrected chi connectivity index (χ2v) is 6.73. The van der Waals surface area contributed by atoms with Gasteiger partial charge in [0.1, 0.15) is 12.4 Å². The van der Waals surface area contributed by atoms with Gasteiger partial charge < -0.3 is 14.8 Å². The lowest BCUT2D eigenvalue weighted by atomic mass is 10.1. The molecule has 1 aromatic heterocycles. The summed E-state index contributed by atoms with van der Waals surface area (Å²) in [5.74, 6) is -0.677. The molecule has 0 fully saturated rings. The molecule has 0 aliphatic rings. The molecule has 1 N–H and O–H groups in total. The Morgan fingerprint density at radius 2 is 1.86 bits per heavy atom. The van der Waals surface area contributed by atoms with Gasteiger partial charge in [0.25, 0.3) is 5.91 Å². The molecule has 0 atom stereocenters. The smallest absolute Gasteiger partial charge is 0.340 e. The van der Waals surface area contributed by atoms with Crippen molar-refractivity contribution in [3.8, 4) is 5.75 Å². The van der Waals surface area contributed by atoms with Crippen LogP contribution in [0.15, 0.2) is 60.8 Å². The van der Waals surface area contributed by atoms with E-state index in [9.17, 15) is 9.59 Å². The van der Waals surface area contributed by atoms with Gasteiger partial charge in [0.15, 0.2) is 0 Å². The Bertz CT molecular complexity index is 1040. The molecule has 0 saturated carbocycles. The van der Waals surface area contributed by atoms with Gasteiger partial charge in [-0.1, -0.05) is 29.3 Å². The Kier molecular flexibility index (Phi) is 6.69. The molecular formula is C21H16Cl2N2O4. The highest BCUT2D eigenvalue weighted by Gasteiger charge is 2.18. The molecular weight excluding hydrogens is 415 g/mol. The number of anilines is 1.